The van der Waals surface area contributed by atoms with Gasteiger partial charge in [0.2, 0.25) is 0 Å². The van der Waals surface area contributed by atoms with Crippen molar-refractivity contribution >= 4 is 45.5 Å². The van der Waals surface area contributed by atoms with Crippen molar-refractivity contribution < 1.29 is 9.69 Å². The number of quaternary nitrogens is 1. The molecule has 21 heavy (non-hydrogen) atoms. The first-order chi connectivity index (χ1) is 10.1. The predicted octanol–water partition coefficient (Wildman–Crippen LogP) is 2.49. The summed E-state index contributed by atoms with van der Waals surface area (Å²) in [7, 11) is 0. The second kappa shape index (κ2) is 6.46. The van der Waals surface area contributed by atoms with Crippen molar-refractivity contribution in [3.05, 3.63) is 49.7 Å². The number of fused-ring (bicyclic) bond motifs is 1. The van der Waals surface area contributed by atoms with E-state index in [0.29, 0.717) is 12.6 Å². The Bertz CT molecular complexity index is 655. The molecule has 0 aliphatic carbocycles. The minimum atomic E-state index is 0.0969. The molecule has 5 heteroatoms. The van der Waals surface area contributed by atoms with Crippen LogP contribution in [0.1, 0.15) is 23.4 Å². The minimum absolute atomic E-state index is 0.0969. The average Bonchev–Trinajstić information content (AvgIpc) is 2.94. The van der Waals surface area contributed by atoms with Gasteiger partial charge in [-0.15, -0.1) is 11.3 Å². The van der Waals surface area contributed by atoms with E-state index >= 15 is 0 Å². The number of hydrogen-bond acceptors (Lipinski definition) is 2. The molecule has 1 aliphatic heterocycles. The lowest BCUT2D eigenvalue weighted by atomic mass is 10.0. The Kier molecular flexibility index (Phi) is 4.61. The highest BCUT2D eigenvalue weighted by Gasteiger charge is 2.29. The zero-order valence-corrected chi connectivity index (χ0v) is 14.8. The summed E-state index contributed by atoms with van der Waals surface area (Å²) in [6.07, 6.45) is 1.09. The number of anilines is 1. The molecule has 0 spiro atoms. The molecule has 1 aromatic heterocycles. The molecule has 0 saturated heterocycles. The van der Waals surface area contributed by atoms with Crippen LogP contribution in [0.3, 0.4) is 0 Å². The van der Waals surface area contributed by atoms with E-state index in [1.807, 2.05) is 35.6 Å². The van der Waals surface area contributed by atoms with E-state index in [9.17, 15) is 4.79 Å². The Labute approximate surface area is 142 Å². The van der Waals surface area contributed by atoms with Crippen molar-refractivity contribution in [3.63, 3.8) is 0 Å². The fourth-order valence-electron chi connectivity index (χ4n) is 2.85. The van der Waals surface area contributed by atoms with Gasteiger partial charge in [0.05, 0.1) is 12.2 Å². The van der Waals surface area contributed by atoms with Crippen LogP contribution in [0.2, 0.25) is 0 Å². The van der Waals surface area contributed by atoms with Crippen LogP contribution in [-0.2, 0) is 11.2 Å². The maximum atomic E-state index is 12.3. The highest BCUT2D eigenvalue weighted by Crippen LogP contribution is 2.24. The van der Waals surface area contributed by atoms with Crippen molar-refractivity contribution in [2.24, 2.45) is 0 Å². The zero-order valence-electron chi connectivity index (χ0n) is 11.9. The number of halogens is 1. The molecular weight excluding hydrogens is 395 g/mol. The van der Waals surface area contributed by atoms with Crippen molar-refractivity contribution in [1.29, 1.82) is 0 Å². The summed E-state index contributed by atoms with van der Waals surface area (Å²) in [5, 5.41) is 5.19. The normalized spacial score (nSPS) is 20.9. The third kappa shape index (κ3) is 3.30. The molecule has 2 aromatic rings. The van der Waals surface area contributed by atoms with E-state index in [2.05, 4.69) is 46.3 Å². The molecule has 2 N–H and O–H groups in total. The zero-order chi connectivity index (χ0) is 14.8. The van der Waals surface area contributed by atoms with Crippen LogP contribution in [0.5, 0.6) is 0 Å². The number of hydrogen-bond donors (Lipinski definition) is 2. The van der Waals surface area contributed by atoms with Gasteiger partial charge in [-0.2, -0.15) is 0 Å². The third-order valence-corrected chi connectivity index (χ3v) is 6.00. The summed E-state index contributed by atoms with van der Waals surface area (Å²) in [4.78, 5) is 15.1. The number of para-hydroxylation sites is 1. The number of thiophene rings is 1. The van der Waals surface area contributed by atoms with Gasteiger partial charge in [-0.05, 0) is 53.1 Å². The lowest BCUT2D eigenvalue weighted by Crippen LogP contribution is -3.14. The second-order valence-corrected chi connectivity index (χ2v) is 7.55. The molecule has 1 aromatic carbocycles. The molecule has 3 nitrogen and oxygen atoms in total. The number of amides is 1. The number of carbonyl (C=O) groups excluding carboxylic acids is 1. The molecule has 0 radical (unpaired) electrons. The molecule has 1 aliphatic rings. The van der Waals surface area contributed by atoms with E-state index in [-0.39, 0.29) is 5.91 Å². The van der Waals surface area contributed by atoms with Crippen LogP contribution in [0.25, 0.3) is 0 Å². The standard InChI is InChI=1S/C16H17IN2OS/c1-11-12-7-9-21-15(12)6-8-19(11)10-16(20)18-14-5-3-2-4-13(14)17/h2-5,7,9,11H,6,8,10H2,1H3,(H,18,20)/p+1/t11-/m0/s1. The fourth-order valence-corrected chi connectivity index (χ4v) is 4.36. The van der Waals surface area contributed by atoms with Crippen LogP contribution in [0.15, 0.2) is 35.7 Å². The summed E-state index contributed by atoms with van der Waals surface area (Å²) in [6, 6.07) is 10.5. The Morgan fingerprint density at radius 3 is 3.05 bits per heavy atom. The Morgan fingerprint density at radius 2 is 2.24 bits per heavy atom. The van der Waals surface area contributed by atoms with Crippen molar-refractivity contribution in [2.75, 3.05) is 18.4 Å². The first-order valence-electron chi connectivity index (χ1n) is 7.10. The Hall–Kier alpha value is -0.920. The molecular formula is C16H18IN2OS+. The summed E-state index contributed by atoms with van der Waals surface area (Å²) in [5.41, 5.74) is 2.33. The monoisotopic (exact) mass is 413 g/mol. The fraction of sp³-hybridized carbons (Fsp3) is 0.312. The molecule has 0 fully saturated rings. The van der Waals surface area contributed by atoms with Crippen molar-refractivity contribution in [3.8, 4) is 0 Å². The first-order valence-corrected chi connectivity index (χ1v) is 9.06. The maximum Gasteiger partial charge on any atom is 0.279 e. The summed E-state index contributed by atoms with van der Waals surface area (Å²) < 4.78 is 1.07. The number of benzene rings is 1. The van der Waals surface area contributed by atoms with Gasteiger partial charge >= 0.3 is 0 Å². The van der Waals surface area contributed by atoms with Gasteiger partial charge in [0.1, 0.15) is 6.04 Å². The van der Waals surface area contributed by atoms with Gasteiger partial charge in [0.25, 0.3) is 5.91 Å². The highest BCUT2D eigenvalue weighted by molar-refractivity contribution is 14.1. The van der Waals surface area contributed by atoms with E-state index < -0.39 is 0 Å². The van der Waals surface area contributed by atoms with E-state index in [0.717, 1.165) is 22.2 Å². The van der Waals surface area contributed by atoms with Gasteiger partial charge < -0.3 is 10.2 Å². The Balaban J connectivity index is 1.65. The average molecular weight is 413 g/mol. The van der Waals surface area contributed by atoms with Crippen molar-refractivity contribution in [1.82, 2.24) is 0 Å². The third-order valence-electron chi connectivity index (χ3n) is 4.07. The van der Waals surface area contributed by atoms with Crippen LogP contribution in [0.4, 0.5) is 5.69 Å². The lowest BCUT2D eigenvalue weighted by Gasteiger charge is -2.29. The van der Waals surface area contributed by atoms with E-state index in [1.54, 1.807) is 0 Å². The van der Waals surface area contributed by atoms with Crippen LogP contribution in [0, 0.1) is 3.57 Å². The van der Waals surface area contributed by atoms with Gasteiger partial charge in [0.15, 0.2) is 6.54 Å². The molecule has 2 atom stereocenters. The number of nitrogens with one attached hydrogen (secondary N) is 2. The van der Waals surface area contributed by atoms with E-state index in [4.69, 9.17) is 0 Å². The van der Waals surface area contributed by atoms with Crippen molar-refractivity contribution in [2.45, 2.75) is 19.4 Å². The number of rotatable bonds is 3. The molecule has 1 unspecified atom stereocenters. The summed E-state index contributed by atoms with van der Waals surface area (Å²) in [6.45, 7) is 3.79. The topological polar surface area (TPSA) is 33.5 Å². The van der Waals surface area contributed by atoms with Crippen LogP contribution < -0.4 is 10.2 Å². The van der Waals surface area contributed by atoms with Crippen LogP contribution in [-0.4, -0.2) is 19.0 Å². The largest absolute Gasteiger partial charge is 0.321 e. The molecule has 3 rings (SSSR count). The molecule has 0 saturated carbocycles. The second-order valence-electron chi connectivity index (χ2n) is 5.38. The molecule has 110 valence electrons. The minimum Gasteiger partial charge on any atom is -0.321 e. The Morgan fingerprint density at radius 1 is 1.43 bits per heavy atom. The summed E-state index contributed by atoms with van der Waals surface area (Å²) in [5.74, 6) is 0.0969. The smallest absolute Gasteiger partial charge is 0.279 e. The van der Waals surface area contributed by atoms with Crippen LogP contribution >= 0.6 is 33.9 Å². The molecule has 2 heterocycles. The van der Waals surface area contributed by atoms with Gasteiger partial charge in [-0.25, -0.2) is 0 Å². The summed E-state index contributed by atoms with van der Waals surface area (Å²) >= 11 is 4.09. The predicted molar refractivity (Wildman–Crippen MR) is 94.9 cm³/mol. The maximum absolute atomic E-state index is 12.3. The molecule has 1 amide bonds. The molecule has 0 bridgehead atoms. The lowest BCUT2D eigenvalue weighted by molar-refractivity contribution is -0.923. The number of carbonyl (C=O) groups is 1. The van der Waals surface area contributed by atoms with Gasteiger partial charge in [-0.3, -0.25) is 4.79 Å². The highest BCUT2D eigenvalue weighted by atomic mass is 127. The first kappa shape index (κ1) is 15.0. The van der Waals surface area contributed by atoms with Gasteiger partial charge in [-0.1, -0.05) is 12.1 Å². The van der Waals surface area contributed by atoms with E-state index in [1.165, 1.54) is 15.3 Å². The quantitative estimate of drug-likeness (QED) is 0.746. The van der Waals surface area contributed by atoms with Gasteiger partial charge in [0, 0.05) is 20.4 Å². The SMILES string of the molecule is C[C@H]1c2ccsc2CC[NH+]1CC(=O)Nc1ccccc1I.